The molecule has 1 aromatic heterocycles. The molecule has 0 radical (unpaired) electrons. The number of amides is 1. The Bertz CT molecular complexity index is 728. The highest BCUT2D eigenvalue weighted by Crippen LogP contribution is 2.08. The van der Waals surface area contributed by atoms with E-state index in [9.17, 15) is 9.59 Å². The van der Waals surface area contributed by atoms with Crippen LogP contribution in [0, 0.1) is 0 Å². The normalized spacial score (nSPS) is 10.5. The van der Waals surface area contributed by atoms with Crippen LogP contribution in [-0.2, 0) is 4.79 Å². The van der Waals surface area contributed by atoms with Crippen molar-refractivity contribution in [3.05, 3.63) is 77.6 Å². The van der Waals surface area contributed by atoms with E-state index >= 15 is 0 Å². The summed E-state index contributed by atoms with van der Waals surface area (Å²) < 4.78 is 0. The van der Waals surface area contributed by atoms with Gasteiger partial charge in [-0.15, -0.1) is 12.4 Å². The molecule has 1 amide bonds. The number of hydrogen-bond donors (Lipinski definition) is 2. The number of rotatable bonds is 5. The van der Waals surface area contributed by atoms with E-state index in [1.165, 1.54) is 17.6 Å². The standard InChI is InChI=1S/C17H14N2O3.ClH/c20-16(14-4-2-1-3-5-14)8-6-13-10-11-18-15(12-13)7-9-17(21)19-22;/h1-12,22H,(H,19,21);1H/b8-6+,9-7+;. The lowest BCUT2D eigenvalue weighted by molar-refractivity contribution is -0.124. The van der Waals surface area contributed by atoms with E-state index < -0.39 is 5.91 Å². The molecule has 2 aromatic rings. The molecule has 5 nitrogen and oxygen atoms in total. The minimum absolute atomic E-state index is 0. The van der Waals surface area contributed by atoms with E-state index in [1.807, 2.05) is 18.2 Å². The van der Waals surface area contributed by atoms with Gasteiger partial charge in [0.05, 0.1) is 5.69 Å². The fourth-order valence-electron chi connectivity index (χ4n) is 1.73. The molecule has 0 aliphatic carbocycles. The average molecular weight is 331 g/mol. The summed E-state index contributed by atoms with van der Waals surface area (Å²) in [6.45, 7) is 0. The van der Waals surface area contributed by atoms with Gasteiger partial charge in [-0.3, -0.25) is 19.8 Å². The number of ketones is 1. The van der Waals surface area contributed by atoms with Crippen LogP contribution in [-0.4, -0.2) is 21.9 Å². The molecular weight excluding hydrogens is 316 g/mol. The van der Waals surface area contributed by atoms with Crippen LogP contribution in [0.3, 0.4) is 0 Å². The molecule has 0 unspecified atom stereocenters. The lowest BCUT2D eigenvalue weighted by Gasteiger charge is -1.97. The van der Waals surface area contributed by atoms with Crippen molar-refractivity contribution < 1.29 is 14.8 Å². The summed E-state index contributed by atoms with van der Waals surface area (Å²) in [5, 5.41) is 8.40. The third kappa shape index (κ3) is 5.86. The first kappa shape index (κ1) is 18.3. The van der Waals surface area contributed by atoms with Gasteiger partial charge in [0.25, 0.3) is 5.91 Å². The smallest absolute Gasteiger partial charge is 0.267 e. The second-order valence-corrected chi connectivity index (χ2v) is 4.39. The zero-order valence-corrected chi connectivity index (χ0v) is 12.9. The first-order valence-electron chi connectivity index (χ1n) is 6.55. The predicted molar refractivity (Wildman–Crippen MR) is 90.3 cm³/mol. The van der Waals surface area contributed by atoms with E-state index in [2.05, 4.69) is 4.98 Å². The highest BCUT2D eigenvalue weighted by molar-refractivity contribution is 6.06. The zero-order chi connectivity index (χ0) is 15.8. The summed E-state index contributed by atoms with van der Waals surface area (Å²) in [5.74, 6) is -0.726. The molecule has 23 heavy (non-hydrogen) atoms. The fraction of sp³-hybridized carbons (Fsp3) is 0. The molecule has 0 saturated heterocycles. The summed E-state index contributed by atoms with van der Waals surface area (Å²) in [5.41, 5.74) is 3.43. The van der Waals surface area contributed by atoms with Crippen molar-refractivity contribution in [3.63, 3.8) is 0 Å². The number of aromatic nitrogens is 1. The van der Waals surface area contributed by atoms with Crippen molar-refractivity contribution in [2.24, 2.45) is 0 Å². The van der Waals surface area contributed by atoms with E-state index in [4.69, 9.17) is 5.21 Å². The first-order valence-corrected chi connectivity index (χ1v) is 6.55. The maximum absolute atomic E-state index is 12.0. The van der Waals surface area contributed by atoms with Gasteiger partial charge in [-0.1, -0.05) is 36.4 Å². The minimum Gasteiger partial charge on any atom is -0.289 e. The molecule has 0 aliphatic rings. The number of benzene rings is 1. The summed E-state index contributed by atoms with van der Waals surface area (Å²) in [6, 6.07) is 12.4. The molecular formula is C17H15ClN2O3. The molecule has 118 valence electrons. The Hall–Kier alpha value is -2.76. The van der Waals surface area contributed by atoms with Gasteiger partial charge < -0.3 is 0 Å². The van der Waals surface area contributed by atoms with Crippen LogP contribution >= 0.6 is 12.4 Å². The largest absolute Gasteiger partial charge is 0.289 e. The number of nitrogens with one attached hydrogen (secondary N) is 1. The number of hydrogen-bond acceptors (Lipinski definition) is 4. The number of carbonyl (C=O) groups excluding carboxylic acids is 2. The maximum atomic E-state index is 12.0. The first-order chi connectivity index (χ1) is 10.7. The molecule has 6 heteroatoms. The van der Waals surface area contributed by atoms with Crippen LogP contribution in [0.2, 0.25) is 0 Å². The molecule has 2 rings (SSSR count). The Morgan fingerprint density at radius 1 is 1.04 bits per heavy atom. The number of allylic oxidation sites excluding steroid dienone is 1. The number of halogens is 1. The average Bonchev–Trinajstić information content (AvgIpc) is 2.58. The lowest BCUT2D eigenvalue weighted by atomic mass is 10.1. The topological polar surface area (TPSA) is 79.3 Å². The van der Waals surface area contributed by atoms with Gasteiger partial charge in [-0.25, -0.2) is 5.48 Å². The van der Waals surface area contributed by atoms with Crippen molar-refractivity contribution in [1.82, 2.24) is 10.5 Å². The third-order valence-corrected chi connectivity index (χ3v) is 2.81. The third-order valence-electron chi connectivity index (χ3n) is 2.81. The van der Waals surface area contributed by atoms with Crippen LogP contribution in [0.15, 0.2) is 60.8 Å². The quantitative estimate of drug-likeness (QED) is 0.382. The van der Waals surface area contributed by atoms with Crippen LogP contribution < -0.4 is 5.48 Å². The summed E-state index contributed by atoms with van der Waals surface area (Å²) in [6.07, 6.45) is 7.36. The Kier molecular flexibility index (Phi) is 7.39. The van der Waals surface area contributed by atoms with Crippen LogP contribution in [0.4, 0.5) is 0 Å². The van der Waals surface area contributed by atoms with Crippen molar-refractivity contribution >= 4 is 36.2 Å². The molecule has 0 saturated carbocycles. The monoisotopic (exact) mass is 330 g/mol. The number of pyridine rings is 1. The van der Waals surface area contributed by atoms with Crippen LogP contribution in [0.25, 0.3) is 12.2 Å². The highest BCUT2D eigenvalue weighted by atomic mass is 35.5. The van der Waals surface area contributed by atoms with Crippen LogP contribution in [0.5, 0.6) is 0 Å². The Labute approximate surface area is 139 Å². The van der Waals surface area contributed by atoms with E-state index in [0.717, 1.165) is 11.6 Å². The van der Waals surface area contributed by atoms with Crippen molar-refractivity contribution in [2.75, 3.05) is 0 Å². The van der Waals surface area contributed by atoms with E-state index in [0.29, 0.717) is 11.3 Å². The van der Waals surface area contributed by atoms with Crippen molar-refractivity contribution in [2.45, 2.75) is 0 Å². The molecule has 0 fully saturated rings. The van der Waals surface area contributed by atoms with E-state index in [-0.39, 0.29) is 18.2 Å². The molecule has 0 spiro atoms. The highest BCUT2D eigenvalue weighted by Gasteiger charge is 2.00. The van der Waals surface area contributed by atoms with Gasteiger partial charge in [0.15, 0.2) is 5.78 Å². The van der Waals surface area contributed by atoms with Crippen molar-refractivity contribution in [1.29, 1.82) is 0 Å². The lowest BCUT2D eigenvalue weighted by Crippen LogP contribution is -2.14. The van der Waals surface area contributed by atoms with Gasteiger partial charge >= 0.3 is 0 Å². The second kappa shape index (κ2) is 9.30. The summed E-state index contributed by atoms with van der Waals surface area (Å²) >= 11 is 0. The minimum atomic E-state index is -0.637. The molecule has 1 heterocycles. The molecule has 0 bridgehead atoms. The van der Waals surface area contributed by atoms with Gasteiger partial charge in [-0.05, 0) is 29.8 Å². The van der Waals surface area contributed by atoms with Crippen molar-refractivity contribution in [3.8, 4) is 0 Å². The summed E-state index contributed by atoms with van der Waals surface area (Å²) in [7, 11) is 0. The van der Waals surface area contributed by atoms with E-state index in [1.54, 1.807) is 36.5 Å². The molecule has 2 N–H and O–H groups in total. The maximum Gasteiger partial charge on any atom is 0.267 e. The number of carbonyl (C=O) groups is 2. The molecule has 0 atom stereocenters. The van der Waals surface area contributed by atoms with Gasteiger partial charge in [-0.2, -0.15) is 0 Å². The summed E-state index contributed by atoms with van der Waals surface area (Å²) in [4.78, 5) is 26.9. The fourth-order valence-corrected chi connectivity index (χ4v) is 1.73. The van der Waals surface area contributed by atoms with Gasteiger partial charge in [0, 0.05) is 17.8 Å². The Morgan fingerprint density at radius 3 is 2.48 bits per heavy atom. The Morgan fingerprint density at radius 2 is 1.78 bits per heavy atom. The van der Waals surface area contributed by atoms with Crippen LogP contribution in [0.1, 0.15) is 21.6 Å². The number of nitrogens with zero attached hydrogens (tertiary/aromatic N) is 1. The number of hydroxylamine groups is 1. The molecule has 1 aromatic carbocycles. The zero-order valence-electron chi connectivity index (χ0n) is 12.0. The second-order valence-electron chi connectivity index (χ2n) is 4.39. The molecule has 0 aliphatic heterocycles. The predicted octanol–water partition coefficient (Wildman–Crippen LogP) is 2.92. The Balaban J connectivity index is 0.00000264. The SMILES string of the molecule is Cl.O=C(/C=C/c1cc(/C=C/C(=O)c2ccccc2)ccn1)NO. The van der Waals surface area contributed by atoms with Gasteiger partial charge in [0.2, 0.25) is 0 Å². The van der Waals surface area contributed by atoms with Gasteiger partial charge in [0.1, 0.15) is 0 Å².